The van der Waals surface area contributed by atoms with Crippen molar-refractivity contribution >= 4 is 15.6 Å². The third-order valence-corrected chi connectivity index (χ3v) is 5.05. The second-order valence-electron chi connectivity index (χ2n) is 4.10. The third-order valence-electron chi connectivity index (χ3n) is 2.88. The topological polar surface area (TPSA) is 69.7 Å². The zero-order valence-corrected chi connectivity index (χ0v) is 11.0. The second kappa shape index (κ2) is 4.61. The Morgan fingerprint density at radius 1 is 1.22 bits per heavy atom. The van der Waals surface area contributed by atoms with E-state index in [-0.39, 0.29) is 10.7 Å². The van der Waals surface area contributed by atoms with E-state index in [1.807, 2.05) is 0 Å². The summed E-state index contributed by atoms with van der Waals surface area (Å²) in [6, 6.07) is 4.39. The van der Waals surface area contributed by atoms with Crippen molar-refractivity contribution < 1.29 is 22.7 Å². The molecular formula is C12H14O5S. The van der Waals surface area contributed by atoms with Gasteiger partial charge in [-0.05, 0) is 26.0 Å². The molecule has 0 radical (unpaired) electrons. The predicted octanol–water partition coefficient (Wildman–Crippen LogP) is 1.21. The first-order valence-corrected chi connectivity index (χ1v) is 7.11. The summed E-state index contributed by atoms with van der Waals surface area (Å²) in [5, 5.41) is -1.06. The monoisotopic (exact) mass is 270 g/mol. The summed E-state index contributed by atoms with van der Waals surface area (Å²) in [6.07, 6.45) is 0. The molecule has 0 amide bonds. The lowest BCUT2D eigenvalue weighted by Crippen LogP contribution is -2.25. The predicted molar refractivity (Wildman–Crippen MR) is 64.8 cm³/mol. The maximum absolute atomic E-state index is 12.1. The zero-order valence-electron chi connectivity index (χ0n) is 10.2. The van der Waals surface area contributed by atoms with Gasteiger partial charge in [-0.2, -0.15) is 0 Å². The van der Waals surface area contributed by atoms with Gasteiger partial charge in [-0.15, -0.1) is 0 Å². The summed E-state index contributed by atoms with van der Waals surface area (Å²) in [6.45, 7) is 3.48. The van der Waals surface area contributed by atoms with Crippen molar-refractivity contribution in [1.82, 2.24) is 0 Å². The molecule has 1 atom stereocenters. The van der Waals surface area contributed by atoms with Gasteiger partial charge in [-0.1, -0.05) is 0 Å². The Labute approximate surface area is 106 Å². The number of benzene rings is 1. The minimum atomic E-state index is -3.66. The lowest BCUT2D eigenvalue weighted by molar-refractivity contribution is -0.116. The molecule has 5 nitrogen and oxygen atoms in total. The van der Waals surface area contributed by atoms with Crippen LogP contribution in [0.1, 0.15) is 13.8 Å². The average Bonchev–Trinajstić information content (AvgIpc) is 2.37. The van der Waals surface area contributed by atoms with E-state index in [0.717, 1.165) is 0 Å². The van der Waals surface area contributed by atoms with Crippen LogP contribution in [-0.2, 0) is 14.6 Å². The maximum atomic E-state index is 12.1. The van der Waals surface area contributed by atoms with Gasteiger partial charge < -0.3 is 9.47 Å². The van der Waals surface area contributed by atoms with Crippen molar-refractivity contribution in [3.05, 3.63) is 18.2 Å². The first-order chi connectivity index (χ1) is 8.43. The molecule has 1 heterocycles. The molecule has 0 saturated heterocycles. The zero-order chi connectivity index (χ0) is 13.3. The fourth-order valence-electron chi connectivity index (χ4n) is 1.62. The summed E-state index contributed by atoms with van der Waals surface area (Å²) < 4.78 is 34.9. The van der Waals surface area contributed by atoms with E-state index in [1.165, 1.54) is 26.0 Å². The Kier molecular flexibility index (Phi) is 3.30. The van der Waals surface area contributed by atoms with Crippen LogP contribution in [0.3, 0.4) is 0 Å². The number of ketones is 1. The van der Waals surface area contributed by atoms with E-state index < -0.39 is 15.1 Å². The highest BCUT2D eigenvalue weighted by Gasteiger charge is 2.28. The Morgan fingerprint density at radius 3 is 2.44 bits per heavy atom. The van der Waals surface area contributed by atoms with Gasteiger partial charge >= 0.3 is 0 Å². The van der Waals surface area contributed by atoms with E-state index in [1.54, 1.807) is 6.07 Å². The number of ether oxygens (including phenoxy) is 2. The van der Waals surface area contributed by atoms with Crippen LogP contribution in [0, 0.1) is 0 Å². The number of fused-ring (bicyclic) bond motifs is 1. The van der Waals surface area contributed by atoms with E-state index in [2.05, 4.69) is 0 Å². The van der Waals surface area contributed by atoms with E-state index in [4.69, 9.17) is 9.47 Å². The average molecular weight is 270 g/mol. The summed E-state index contributed by atoms with van der Waals surface area (Å²) in [7, 11) is -3.66. The van der Waals surface area contributed by atoms with Gasteiger partial charge in [0, 0.05) is 6.07 Å². The van der Waals surface area contributed by atoms with Gasteiger partial charge in [-0.3, -0.25) is 4.79 Å². The number of rotatable bonds is 3. The molecule has 0 aromatic heterocycles. The number of carbonyl (C=O) groups excluding carboxylic acids is 1. The van der Waals surface area contributed by atoms with Crippen LogP contribution in [-0.4, -0.2) is 32.7 Å². The number of hydrogen-bond acceptors (Lipinski definition) is 5. The van der Waals surface area contributed by atoms with Gasteiger partial charge in [0.15, 0.2) is 21.3 Å². The highest BCUT2D eigenvalue weighted by atomic mass is 32.2. The Hall–Kier alpha value is -1.56. The normalized spacial score (nSPS) is 16.1. The molecule has 0 fully saturated rings. The summed E-state index contributed by atoms with van der Waals surface area (Å²) >= 11 is 0. The number of carbonyl (C=O) groups is 1. The molecule has 18 heavy (non-hydrogen) atoms. The van der Waals surface area contributed by atoms with Crippen LogP contribution in [0.2, 0.25) is 0 Å². The Morgan fingerprint density at radius 2 is 1.83 bits per heavy atom. The van der Waals surface area contributed by atoms with Crippen molar-refractivity contribution in [3.8, 4) is 11.5 Å². The first-order valence-electron chi connectivity index (χ1n) is 5.57. The summed E-state index contributed by atoms with van der Waals surface area (Å²) in [5.74, 6) is 0.540. The third kappa shape index (κ3) is 2.20. The van der Waals surface area contributed by atoms with Crippen molar-refractivity contribution in [2.24, 2.45) is 0 Å². The number of hydrogen-bond donors (Lipinski definition) is 0. The Bertz CT molecular complexity index is 576. The molecule has 6 heteroatoms. The molecule has 0 spiro atoms. The van der Waals surface area contributed by atoms with Crippen LogP contribution < -0.4 is 9.47 Å². The fourth-order valence-corrected chi connectivity index (χ4v) is 3.00. The molecule has 1 aromatic rings. The van der Waals surface area contributed by atoms with Crippen LogP contribution in [0.15, 0.2) is 23.1 Å². The minimum Gasteiger partial charge on any atom is -0.486 e. The summed E-state index contributed by atoms with van der Waals surface area (Å²) in [4.78, 5) is 11.3. The quantitative estimate of drug-likeness (QED) is 0.825. The van der Waals surface area contributed by atoms with Crippen molar-refractivity contribution in [3.63, 3.8) is 0 Å². The van der Waals surface area contributed by atoms with Gasteiger partial charge in [0.05, 0.1) is 4.90 Å². The van der Waals surface area contributed by atoms with E-state index in [0.29, 0.717) is 24.7 Å². The van der Waals surface area contributed by atoms with Crippen LogP contribution >= 0.6 is 0 Å². The molecular weight excluding hydrogens is 256 g/mol. The van der Waals surface area contributed by atoms with E-state index >= 15 is 0 Å². The molecule has 1 aromatic carbocycles. The fraction of sp³-hybridized carbons (Fsp3) is 0.417. The standard InChI is InChI=1S/C12H14O5S/c1-8(13)9(2)18(14,15)10-3-4-11-12(7-10)17-6-5-16-11/h3-4,7,9H,5-6H2,1-2H3. The molecule has 0 aliphatic carbocycles. The van der Waals surface area contributed by atoms with Crippen molar-refractivity contribution in [2.45, 2.75) is 24.0 Å². The molecule has 2 rings (SSSR count). The first kappa shape index (κ1) is 12.9. The molecule has 0 bridgehead atoms. The molecule has 0 N–H and O–H groups in total. The Balaban J connectivity index is 2.43. The SMILES string of the molecule is CC(=O)C(C)S(=O)(=O)c1ccc2c(c1)OCCO2. The van der Waals surface area contributed by atoms with Gasteiger partial charge in [0.2, 0.25) is 0 Å². The van der Waals surface area contributed by atoms with Gasteiger partial charge in [-0.25, -0.2) is 8.42 Å². The van der Waals surface area contributed by atoms with Crippen molar-refractivity contribution in [2.75, 3.05) is 13.2 Å². The van der Waals surface area contributed by atoms with Crippen LogP contribution in [0.25, 0.3) is 0 Å². The molecule has 98 valence electrons. The largest absolute Gasteiger partial charge is 0.486 e. The van der Waals surface area contributed by atoms with Crippen LogP contribution in [0.4, 0.5) is 0 Å². The summed E-state index contributed by atoms with van der Waals surface area (Å²) in [5.41, 5.74) is 0. The van der Waals surface area contributed by atoms with E-state index in [9.17, 15) is 13.2 Å². The molecule has 0 saturated carbocycles. The minimum absolute atomic E-state index is 0.0782. The molecule has 1 aliphatic heterocycles. The lowest BCUT2D eigenvalue weighted by Gasteiger charge is -2.19. The molecule has 1 unspecified atom stereocenters. The molecule has 1 aliphatic rings. The number of Topliss-reactive ketones (excluding diaryl/α,β-unsaturated/α-hetero) is 1. The van der Waals surface area contributed by atoms with Gasteiger partial charge in [0.1, 0.15) is 24.2 Å². The lowest BCUT2D eigenvalue weighted by atomic mass is 10.3. The highest BCUT2D eigenvalue weighted by Crippen LogP contribution is 2.33. The second-order valence-corrected chi connectivity index (χ2v) is 6.37. The number of sulfone groups is 1. The smallest absolute Gasteiger partial charge is 0.188 e. The highest BCUT2D eigenvalue weighted by molar-refractivity contribution is 7.92. The van der Waals surface area contributed by atoms with Crippen LogP contribution in [0.5, 0.6) is 11.5 Å². The van der Waals surface area contributed by atoms with Crippen molar-refractivity contribution in [1.29, 1.82) is 0 Å². The maximum Gasteiger partial charge on any atom is 0.188 e. The van der Waals surface area contributed by atoms with Gasteiger partial charge in [0.25, 0.3) is 0 Å².